The minimum absolute atomic E-state index is 0.0852. The van der Waals surface area contributed by atoms with Crippen LogP contribution in [0.3, 0.4) is 0 Å². The molecule has 0 aromatic heterocycles. The molecule has 0 amide bonds. The number of ether oxygens (including phenoxy) is 3. The summed E-state index contributed by atoms with van der Waals surface area (Å²) in [7, 11) is -9.81. The average Bonchev–Trinajstić information content (AvgIpc) is 0.898. The molecule has 0 aromatic rings. The number of phosphoric ester groups is 2. The Hall–Kier alpha value is -4.83. The highest BCUT2D eigenvalue weighted by atomic mass is 31.2. The molecule has 0 saturated carbocycles. The summed E-state index contributed by atoms with van der Waals surface area (Å²) in [6.07, 6.45) is 113. The van der Waals surface area contributed by atoms with E-state index >= 15 is 0 Å². The van der Waals surface area contributed by atoms with Crippen LogP contribution >= 0.6 is 15.6 Å². The number of hydrogen-bond acceptors (Lipinski definition) is 14. The molecule has 18 heteroatoms. The number of aliphatic hydroxyl groups excluding tert-OH is 2. The number of unbranched alkanes of at least 4 members (excludes halogenated alkanes) is 37. The third-order valence-corrected chi connectivity index (χ3v) is 21.1. The number of carbonyl (C=O) groups is 3. The molecule has 0 aliphatic heterocycles. The van der Waals surface area contributed by atoms with Crippen molar-refractivity contribution in [3.8, 4) is 0 Å². The molecular formula is C97H166O16P2. The van der Waals surface area contributed by atoms with Crippen molar-refractivity contribution in [2.24, 2.45) is 0 Å². The van der Waals surface area contributed by atoms with Crippen molar-refractivity contribution in [3.63, 3.8) is 0 Å². The van der Waals surface area contributed by atoms with Gasteiger partial charge in [0.05, 0.1) is 26.4 Å². The summed E-state index contributed by atoms with van der Waals surface area (Å²) in [5.74, 6) is -1.59. The molecule has 0 fully saturated rings. The monoisotopic (exact) mass is 1650 g/mol. The second kappa shape index (κ2) is 88.5. The number of hydrogen-bond donors (Lipinski definition) is 4. The Bertz CT molecular complexity index is 2720. The third kappa shape index (κ3) is 89.8. The second-order valence-corrected chi connectivity index (χ2v) is 33.2. The van der Waals surface area contributed by atoms with E-state index in [1.54, 1.807) is 0 Å². The Morgan fingerprint density at radius 1 is 0.252 bits per heavy atom. The van der Waals surface area contributed by atoms with Gasteiger partial charge in [-0.05, 0) is 148 Å². The highest BCUT2D eigenvalue weighted by molar-refractivity contribution is 7.47. The van der Waals surface area contributed by atoms with E-state index in [9.17, 15) is 43.5 Å². The largest absolute Gasteiger partial charge is 0.472 e. The maximum absolute atomic E-state index is 13.0. The molecule has 0 spiro atoms. The van der Waals surface area contributed by atoms with Crippen LogP contribution in [0.1, 0.15) is 380 Å². The van der Waals surface area contributed by atoms with Gasteiger partial charge in [-0.15, -0.1) is 0 Å². The summed E-state index contributed by atoms with van der Waals surface area (Å²) in [6, 6.07) is 0. The van der Waals surface area contributed by atoms with Crippen LogP contribution in [0.2, 0.25) is 0 Å². The minimum Gasteiger partial charge on any atom is -0.463 e. The molecule has 0 aliphatic carbocycles. The zero-order valence-electron chi connectivity index (χ0n) is 72.7. The SMILES string of the molecule is CC/C=C\C/C=C\C/C=C\C/C=C\C/C=C\C/C=C\CCCCCCCCCCCCC(=O)OCC(COP(=O)(O)OCC(O)COP(=O)(O)OCC(O)COC(=O)CCCCCCCCCCCCCCCCCCCCC/C=C\C/C=C\C/C=C\C/C=C\C/C=C\CC)OC(=O)CCCCCCC/C=C\C/C=C\CCCCC. The van der Waals surface area contributed by atoms with Gasteiger partial charge in [-0.3, -0.25) is 32.5 Å². The quantitative estimate of drug-likeness (QED) is 0.0146. The summed E-state index contributed by atoms with van der Waals surface area (Å²) < 4.78 is 61.4. The van der Waals surface area contributed by atoms with Crippen LogP contribution in [0.15, 0.2) is 158 Å². The Kier molecular flexibility index (Phi) is 84.7. The first-order valence-electron chi connectivity index (χ1n) is 45.8. The first-order chi connectivity index (χ1) is 56.2. The number of esters is 3. The zero-order valence-corrected chi connectivity index (χ0v) is 74.5. The molecule has 0 aromatic carbocycles. The van der Waals surface area contributed by atoms with Crippen LogP contribution in [0, 0.1) is 0 Å². The van der Waals surface area contributed by atoms with E-state index in [0.717, 1.165) is 167 Å². The van der Waals surface area contributed by atoms with Crippen LogP contribution in [-0.4, -0.2) is 95.9 Å². The number of rotatable bonds is 86. The van der Waals surface area contributed by atoms with Crippen LogP contribution in [0.25, 0.3) is 0 Å². The van der Waals surface area contributed by atoms with E-state index in [1.165, 1.54) is 154 Å². The third-order valence-electron chi connectivity index (χ3n) is 19.2. The predicted octanol–water partition coefficient (Wildman–Crippen LogP) is 28.1. The van der Waals surface area contributed by atoms with Gasteiger partial charge in [0.15, 0.2) is 6.10 Å². The topological polar surface area (TPSA) is 231 Å². The minimum atomic E-state index is -4.94. The van der Waals surface area contributed by atoms with Gasteiger partial charge < -0.3 is 34.2 Å². The lowest BCUT2D eigenvalue weighted by Crippen LogP contribution is -2.30. The maximum Gasteiger partial charge on any atom is 0.472 e. The average molecular weight is 1650 g/mol. The lowest BCUT2D eigenvalue weighted by Gasteiger charge is -2.21. The van der Waals surface area contributed by atoms with E-state index in [2.05, 4.69) is 179 Å². The smallest absolute Gasteiger partial charge is 0.463 e. The normalized spacial score (nSPS) is 14.5. The molecule has 5 unspecified atom stereocenters. The van der Waals surface area contributed by atoms with Crippen molar-refractivity contribution in [3.05, 3.63) is 158 Å². The highest BCUT2D eigenvalue weighted by Crippen LogP contribution is 2.45. The van der Waals surface area contributed by atoms with E-state index in [0.29, 0.717) is 19.3 Å². The summed E-state index contributed by atoms with van der Waals surface area (Å²) in [6.45, 7) is 2.45. The van der Waals surface area contributed by atoms with Crippen molar-refractivity contribution in [2.75, 3.05) is 39.6 Å². The van der Waals surface area contributed by atoms with E-state index in [4.69, 9.17) is 32.3 Å². The fourth-order valence-corrected chi connectivity index (χ4v) is 13.9. The van der Waals surface area contributed by atoms with Crippen LogP contribution < -0.4 is 0 Å². The summed E-state index contributed by atoms with van der Waals surface area (Å²) >= 11 is 0. The van der Waals surface area contributed by atoms with E-state index < -0.39 is 91.5 Å². The zero-order chi connectivity index (χ0) is 83.6. The maximum atomic E-state index is 13.0. The lowest BCUT2D eigenvalue weighted by molar-refractivity contribution is -0.161. The standard InChI is InChI=1S/C97H166O16P2/c1-4-7-10-13-16-19-22-25-28-30-32-34-36-38-40-42-43-44-45-46-47-49-51-52-54-56-58-60-63-65-68-71-74-77-80-83-95(100)107-86-92(98)87-109-114(103,104)110-88-93(99)89-111-115(105,106)112-91-94(113-97(102)85-82-79-76-73-70-67-62-27-24-21-18-15-12-9-6-3)90-108-96(101)84-81-78-75-72-69-66-64-61-59-57-55-53-50-48-41-39-37-35-33-31-29-26-23-20-17-14-11-8-5-2/h7-8,10-11,16-21,25-29,32-35,38-41,50,53,62,92-94,98-99H,4-6,9,12-15,22-24,30-31,36-37,42-49,51-52,54-61,63-91H2,1-3H3,(H,103,104)(H,105,106)/b10-7-,11-8-,19-16-,20-17-,21-18-,28-25-,29-26-,34-32-,35-33-,40-38-,41-39-,53-50-,62-27-. The van der Waals surface area contributed by atoms with Gasteiger partial charge in [0.25, 0.3) is 0 Å². The Labute approximate surface area is 701 Å². The molecule has 0 saturated heterocycles. The first kappa shape index (κ1) is 110. The predicted molar refractivity (Wildman–Crippen MR) is 482 cm³/mol. The molecule has 16 nitrogen and oxygen atoms in total. The fourth-order valence-electron chi connectivity index (χ4n) is 12.3. The summed E-state index contributed by atoms with van der Waals surface area (Å²) in [5.41, 5.74) is 0. The Balaban J connectivity index is 4.44. The van der Waals surface area contributed by atoms with E-state index in [-0.39, 0.29) is 19.3 Å². The van der Waals surface area contributed by atoms with Gasteiger partial charge in [0.2, 0.25) is 0 Å². The molecule has 0 heterocycles. The molecule has 0 radical (unpaired) electrons. The van der Waals surface area contributed by atoms with Gasteiger partial charge >= 0.3 is 33.6 Å². The molecular weight excluding hydrogens is 1480 g/mol. The molecule has 5 atom stereocenters. The number of allylic oxidation sites excluding steroid dienone is 26. The van der Waals surface area contributed by atoms with Gasteiger partial charge in [-0.1, -0.05) is 371 Å². The molecule has 660 valence electrons. The highest BCUT2D eigenvalue weighted by Gasteiger charge is 2.29. The van der Waals surface area contributed by atoms with Gasteiger partial charge in [0, 0.05) is 19.3 Å². The van der Waals surface area contributed by atoms with Crippen LogP contribution in [0.5, 0.6) is 0 Å². The Morgan fingerprint density at radius 2 is 0.461 bits per heavy atom. The van der Waals surface area contributed by atoms with Crippen molar-refractivity contribution in [1.29, 1.82) is 0 Å². The van der Waals surface area contributed by atoms with Crippen molar-refractivity contribution in [2.45, 2.75) is 399 Å². The molecule has 0 aliphatic rings. The molecule has 4 N–H and O–H groups in total. The second-order valence-electron chi connectivity index (χ2n) is 30.3. The first-order valence-corrected chi connectivity index (χ1v) is 48.8. The van der Waals surface area contributed by atoms with Crippen LogP contribution in [-0.2, 0) is 55.8 Å². The number of carbonyl (C=O) groups excluding carboxylic acids is 3. The Morgan fingerprint density at radius 3 is 0.730 bits per heavy atom. The summed E-state index contributed by atoms with van der Waals surface area (Å²) in [5, 5.41) is 20.7. The van der Waals surface area contributed by atoms with Crippen LogP contribution in [0.4, 0.5) is 0 Å². The van der Waals surface area contributed by atoms with Gasteiger partial charge in [0.1, 0.15) is 25.4 Å². The van der Waals surface area contributed by atoms with E-state index in [1.807, 2.05) is 0 Å². The van der Waals surface area contributed by atoms with Crippen molar-refractivity contribution >= 4 is 33.6 Å². The van der Waals surface area contributed by atoms with Gasteiger partial charge in [-0.25, -0.2) is 9.13 Å². The van der Waals surface area contributed by atoms with Crippen molar-refractivity contribution < 1.29 is 75.8 Å². The van der Waals surface area contributed by atoms with Gasteiger partial charge in [-0.2, -0.15) is 0 Å². The number of phosphoric acid groups is 2. The summed E-state index contributed by atoms with van der Waals surface area (Å²) in [4.78, 5) is 58.9. The van der Waals surface area contributed by atoms with Crippen molar-refractivity contribution in [1.82, 2.24) is 0 Å². The fraction of sp³-hybridized carbons (Fsp3) is 0.701. The number of aliphatic hydroxyl groups is 2. The molecule has 0 bridgehead atoms. The molecule has 115 heavy (non-hydrogen) atoms. The molecule has 0 rings (SSSR count). The lowest BCUT2D eigenvalue weighted by atomic mass is 10.0.